The Kier molecular flexibility index (Phi) is 1.49. The minimum atomic E-state index is -0.369. The van der Waals surface area contributed by atoms with Crippen LogP contribution in [0.25, 0.3) is 0 Å². The van der Waals surface area contributed by atoms with E-state index >= 15 is 0 Å². The lowest BCUT2D eigenvalue weighted by molar-refractivity contribution is -0.232. The number of nitrogens with zero attached hydrogens (tertiary/aromatic N) is 1. The SMILES string of the molecule is C[C@@H]1COC(C)(C)N2C(=O)C[C@H]12. The highest BCUT2D eigenvalue weighted by molar-refractivity contribution is 5.84. The first kappa shape index (κ1) is 8.05. The number of β-lactam (4-membered cyclic amide) rings is 1. The molecule has 68 valence electrons. The topological polar surface area (TPSA) is 29.5 Å². The molecule has 2 atom stereocenters. The fourth-order valence-corrected chi connectivity index (χ4v) is 2.11. The second kappa shape index (κ2) is 2.22. The molecule has 0 spiro atoms. The van der Waals surface area contributed by atoms with Crippen molar-refractivity contribution in [1.82, 2.24) is 4.90 Å². The smallest absolute Gasteiger partial charge is 0.227 e. The van der Waals surface area contributed by atoms with E-state index in [0.29, 0.717) is 18.4 Å². The molecular weight excluding hydrogens is 154 g/mol. The molecule has 0 aromatic heterocycles. The Labute approximate surface area is 72.7 Å². The molecule has 0 saturated carbocycles. The maximum Gasteiger partial charge on any atom is 0.227 e. The van der Waals surface area contributed by atoms with Gasteiger partial charge in [0.15, 0.2) is 0 Å². The van der Waals surface area contributed by atoms with Gasteiger partial charge in [-0.2, -0.15) is 0 Å². The molecule has 2 fully saturated rings. The predicted octanol–water partition coefficient (Wildman–Crippen LogP) is 0.990. The van der Waals surface area contributed by atoms with Crippen LogP contribution in [0.3, 0.4) is 0 Å². The molecule has 1 amide bonds. The third-order valence-corrected chi connectivity index (χ3v) is 2.92. The first-order chi connectivity index (χ1) is 5.52. The summed E-state index contributed by atoms with van der Waals surface area (Å²) in [4.78, 5) is 13.1. The maximum absolute atomic E-state index is 11.3. The zero-order valence-corrected chi connectivity index (χ0v) is 7.83. The van der Waals surface area contributed by atoms with Crippen molar-refractivity contribution in [3.8, 4) is 0 Å². The Hall–Kier alpha value is -0.570. The normalized spacial score (nSPS) is 38.9. The van der Waals surface area contributed by atoms with E-state index in [1.54, 1.807) is 0 Å². The second-order valence-corrected chi connectivity index (χ2v) is 4.27. The summed E-state index contributed by atoms with van der Waals surface area (Å²) < 4.78 is 5.59. The number of hydrogen-bond donors (Lipinski definition) is 0. The molecule has 0 N–H and O–H groups in total. The zero-order valence-electron chi connectivity index (χ0n) is 7.83. The summed E-state index contributed by atoms with van der Waals surface area (Å²) in [5.74, 6) is 0.729. The van der Waals surface area contributed by atoms with Gasteiger partial charge in [-0.25, -0.2) is 0 Å². The summed E-state index contributed by atoms with van der Waals surface area (Å²) in [7, 11) is 0. The summed E-state index contributed by atoms with van der Waals surface area (Å²) in [6.45, 7) is 6.84. The van der Waals surface area contributed by atoms with E-state index in [1.807, 2.05) is 18.7 Å². The minimum absolute atomic E-state index is 0.233. The van der Waals surface area contributed by atoms with Gasteiger partial charge in [-0.15, -0.1) is 0 Å². The molecule has 0 aliphatic carbocycles. The number of amides is 1. The molecule has 3 heteroatoms. The van der Waals surface area contributed by atoms with E-state index in [1.165, 1.54) is 0 Å². The van der Waals surface area contributed by atoms with Gasteiger partial charge in [0.25, 0.3) is 0 Å². The second-order valence-electron chi connectivity index (χ2n) is 4.27. The van der Waals surface area contributed by atoms with Crippen LogP contribution in [-0.2, 0) is 9.53 Å². The van der Waals surface area contributed by atoms with E-state index in [0.717, 1.165) is 6.61 Å². The lowest BCUT2D eigenvalue weighted by atomic mass is 9.86. The average molecular weight is 169 g/mol. The average Bonchev–Trinajstić information content (AvgIpc) is 1.92. The lowest BCUT2D eigenvalue weighted by Gasteiger charge is -2.56. The van der Waals surface area contributed by atoms with Crippen molar-refractivity contribution in [2.75, 3.05) is 6.61 Å². The van der Waals surface area contributed by atoms with Gasteiger partial charge in [-0.3, -0.25) is 4.79 Å². The molecule has 0 aromatic rings. The van der Waals surface area contributed by atoms with Crippen LogP contribution in [0.2, 0.25) is 0 Å². The van der Waals surface area contributed by atoms with Crippen LogP contribution < -0.4 is 0 Å². The molecule has 2 rings (SSSR count). The monoisotopic (exact) mass is 169 g/mol. The van der Waals surface area contributed by atoms with Crippen molar-refractivity contribution >= 4 is 5.91 Å². The fourth-order valence-electron chi connectivity index (χ4n) is 2.11. The van der Waals surface area contributed by atoms with Crippen molar-refractivity contribution < 1.29 is 9.53 Å². The van der Waals surface area contributed by atoms with Crippen LogP contribution in [0.15, 0.2) is 0 Å². The highest BCUT2D eigenvalue weighted by Gasteiger charge is 2.51. The van der Waals surface area contributed by atoms with Gasteiger partial charge in [0.05, 0.1) is 6.61 Å². The first-order valence-corrected chi connectivity index (χ1v) is 4.48. The third kappa shape index (κ3) is 0.891. The summed E-state index contributed by atoms with van der Waals surface area (Å²) in [5, 5.41) is 0. The standard InChI is InChI=1S/C9H15NO2/c1-6-5-12-9(2,3)10-7(6)4-8(10)11/h6-7H,4-5H2,1-3H3/t6-,7-/m1/s1. The predicted molar refractivity (Wildman–Crippen MR) is 44.4 cm³/mol. The van der Waals surface area contributed by atoms with Crippen molar-refractivity contribution in [1.29, 1.82) is 0 Å². The Morgan fingerprint density at radius 3 is 2.75 bits per heavy atom. The molecule has 0 bridgehead atoms. The number of hydrogen-bond acceptors (Lipinski definition) is 2. The van der Waals surface area contributed by atoms with Gasteiger partial charge < -0.3 is 9.64 Å². The summed E-state index contributed by atoms with van der Waals surface area (Å²) in [6.07, 6.45) is 0.716. The largest absolute Gasteiger partial charge is 0.356 e. The van der Waals surface area contributed by atoms with E-state index in [2.05, 4.69) is 6.92 Å². The van der Waals surface area contributed by atoms with Crippen LogP contribution in [0.4, 0.5) is 0 Å². The van der Waals surface area contributed by atoms with Gasteiger partial charge in [0.2, 0.25) is 5.91 Å². The highest BCUT2D eigenvalue weighted by atomic mass is 16.5. The quantitative estimate of drug-likeness (QED) is 0.506. The Balaban J connectivity index is 2.20. The molecule has 3 nitrogen and oxygen atoms in total. The summed E-state index contributed by atoms with van der Waals surface area (Å²) in [6, 6.07) is 0.432. The molecule has 0 aromatic carbocycles. The molecule has 2 heterocycles. The van der Waals surface area contributed by atoms with Crippen molar-refractivity contribution in [2.24, 2.45) is 5.92 Å². The van der Waals surface area contributed by atoms with Crippen LogP contribution in [-0.4, -0.2) is 29.2 Å². The van der Waals surface area contributed by atoms with Gasteiger partial charge >= 0.3 is 0 Å². The van der Waals surface area contributed by atoms with E-state index in [9.17, 15) is 4.79 Å². The zero-order chi connectivity index (χ0) is 8.93. The number of carbonyl (C=O) groups is 1. The molecular formula is C9H15NO2. The van der Waals surface area contributed by atoms with Crippen LogP contribution in [0.1, 0.15) is 27.2 Å². The van der Waals surface area contributed by atoms with E-state index < -0.39 is 0 Å². The summed E-state index contributed by atoms with van der Waals surface area (Å²) >= 11 is 0. The maximum atomic E-state index is 11.3. The molecule has 2 aliphatic heterocycles. The minimum Gasteiger partial charge on any atom is -0.356 e. The number of carbonyl (C=O) groups excluding carboxylic acids is 1. The molecule has 0 unspecified atom stereocenters. The Bertz CT molecular complexity index is 225. The fraction of sp³-hybridized carbons (Fsp3) is 0.889. The van der Waals surface area contributed by atoms with Crippen LogP contribution in [0.5, 0.6) is 0 Å². The molecule has 12 heavy (non-hydrogen) atoms. The van der Waals surface area contributed by atoms with Gasteiger partial charge in [-0.05, 0) is 13.8 Å². The third-order valence-electron chi connectivity index (χ3n) is 2.92. The van der Waals surface area contributed by atoms with Crippen molar-refractivity contribution in [2.45, 2.75) is 39.0 Å². The Morgan fingerprint density at radius 1 is 1.58 bits per heavy atom. The van der Waals surface area contributed by atoms with Gasteiger partial charge in [0.1, 0.15) is 5.72 Å². The Morgan fingerprint density at radius 2 is 2.25 bits per heavy atom. The lowest BCUT2D eigenvalue weighted by Crippen LogP contribution is -2.68. The van der Waals surface area contributed by atoms with E-state index in [-0.39, 0.29) is 11.6 Å². The van der Waals surface area contributed by atoms with E-state index in [4.69, 9.17) is 4.74 Å². The first-order valence-electron chi connectivity index (χ1n) is 4.48. The van der Waals surface area contributed by atoms with Gasteiger partial charge in [0, 0.05) is 18.4 Å². The van der Waals surface area contributed by atoms with Crippen molar-refractivity contribution in [3.05, 3.63) is 0 Å². The van der Waals surface area contributed by atoms with Crippen LogP contribution >= 0.6 is 0 Å². The molecule has 0 radical (unpaired) electrons. The molecule has 2 aliphatic rings. The number of fused-ring (bicyclic) bond motifs is 1. The van der Waals surface area contributed by atoms with Crippen molar-refractivity contribution in [3.63, 3.8) is 0 Å². The van der Waals surface area contributed by atoms with Crippen LogP contribution in [0, 0.1) is 5.92 Å². The number of rotatable bonds is 0. The number of ether oxygens (including phenoxy) is 1. The van der Waals surface area contributed by atoms with Gasteiger partial charge in [-0.1, -0.05) is 6.92 Å². The highest BCUT2D eigenvalue weighted by Crippen LogP contribution is 2.38. The molecule has 2 saturated heterocycles. The summed E-state index contributed by atoms with van der Waals surface area (Å²) in [5.41, 5.74) is -0.369.